The van der Waals surface area contributed by atoms with Gasteiger partial charge in [0.15, 0.2) is 0 Å². The van der Waals surface area contributed by atoms with Crippen molar-refractivity contribution < 1.29 is 18.7 Å². The number of hydrogen-bond donors (Lipinski definition) is 3. The summed E-state index contributed by atoms with van der Waals surface area (Å²) >= 11 is 1.44. The number of nitrogens with one attached hydrogen (secondary N) is 2. The summed E-state index contributed by atoms with van der Waals surface area (Å²) in [6, 6.07) is 9.17. The fourth-order valence-corrected chi connectivity index (χ4v) is 5.42. The van der Waals surface area contributed by atoms with Crippen LogP contribution in [-0.2, 0) is 0 Å². The van der Waals surface area contributed by atoms with Gasteiger partial charge >= 0.3 is 0 Å². The van der Waals surface area contributed by atoms with Gasteiger partial charge in [-0.3, -0.25) is 4.79 Å². The largest absolute Gasteiger partial charge is 0.395 e. The summed E-state index contributed by atoms with van der Waals surface area (Å²) in [6.45, 7) is 4.94. The number of carbonyl (C=O) groups is 1. The van der Waals surface area contributed by atoms with Crippen LogP contribution in [0, 0.1) is 12.3 Å². The standard InChI is InChI=1S/C26H33F2N5O2S/c1-17-11-22(29-23(12-17)33-15-26(27,28)16-33)30-24(35)20-4-3-19(31-36-18(2)14-34)13-21(20)32-9-7-25(5-6-25)8-10-32/h3-4,11-13,18,31,34H,5-10,14-16H2,1-2H3,(H,29,30,35). The van der Waals surface area contributed by atoms with Crippen molar-refractivity contribution >= 4 is 40.9 Å². The van der Waals surface area contributed by atoms with Crippen LogP contribution < -0.4 is 19.8 Å². The minimum atomic E-state index is -2.69. The van der Waals surface area contributed by atoms with Crippen LogP contribution in [0.4, 0.5) is 31.8 Å². The van der Waals surface area contributed by atoms with Crippen LogP contribution in [0.3, 0.4) is 0 Å². The van der Waals surface area contributed by atoms with E-state index in [0.29, 0.717) is 22.6 Å². The molecule has 1 amide bonds. The maximum atomic E-state index is 13.5. The Kier molecular flexibility index (Phi) is 6.76. The zero-order chi connectivity index (χ0) is 25.5. The number of piperidine rings is 1. The molecule has 1 aromatic heterocycles. The maximum absolute atomic E-state index is 13.5. The number of carbonyl (C=O) groups excluding carboxylic acids is 1. The first-order valence-corrected chi connectivity index (χ1v) is 13.4. The van der Waals surface area contributed by atoms with Crippen molar-refractivity contribution in [3.8, 4) is 0 Å². The van der Waals surface area contributed by atoms with Crippen molar-refractivity contribution in [1.29, 1.82) is 0 Å². The SMILES string of the molecule is Cc1cc(NC(=O)c2ccc(NSC(C)CO)cc2N2CCC3(CC2)CC3)nc(N2CC(F)(F)C2)c1. The minimum Gasteiger partial charge on any atom is -0.395 e. The first-order valence-electron chi connectivity index (χ1n) is 12.5. The van der Waals surface area contributed by atoms with Gasteiger partial charge in [0.25, 0.3) is 11.8 Å². The number of halogens is 2. The summed E-state index contributed by atoms with van der Waals surface area (Å²) in [7, 11) is 0. The molecule has 1 spiro atoms. The van der Waals surface area contributed by atoms with Crippen LogP contribution in [-0.4, -0.2) is 60.0 Å². The molecule has 2 aliphatic heterocycles. The smallest absolute Gasteiger partial charge is 0.282 e. The van der Waals surface area contributed by atoms with Gasteiger partial charge in [-0.2, -0.15) is 0 Å². The average Bonchev–Trinajstić information content (AvgIpc) is 3.59. The van der Waals surface area contributed by atoms with Gasteiger partial charge in [-0.05, 0) is 92.8 Å². The molecule has 3 N–H and O–H groups in total. The molecule has 1 unspecified atom stereocenters. The fourth-order valence-electron chi connectivity index (χ4n) is 4.89. The summed E-state index contributed by atoms with van der Waals surface area (Å²) in [5.41, 5.74) is 3.63. The van der Waals surface area contributed by atoms with E-state index in [1.54, 1.807) is 12.1 Å². The number of anilines is 4. The predicted molar refractivity (Wildman–Crippen MR) is 141 cm³/mol. The number of nitrogens with zero attached hydrogens (tertiary/aromatic N) is 3. The number of aryl methyl sites for hydroxylation is 1. The molecule has 10 heteroatoms. The number of pyridine rings is 1. The van der Waals surface area contributed by atoms with Crippen molar-refractivity contribution in [3.63, 3.8) is 0 Å². The molecule has 2 saturated heterocycles. The van der Waals surface area contributed by atoms with Crippen LogP contribution in [0.5, 0.6) is 0 Å². The van der Waals surface area contributed by atoms with E-state index in [-0.39, 0.29) is 30.9 Å². The maximum Gasteiger partial charge on any atom is 0.282 e. The monoisotopic (exact) mass is 517 g/mol. The quantitative estimate of drug-likeness (QED) is 0.429. The second-order valence-electron chi connectivity index (χ2n) is 10.5. The molecule has 0 radical (unpaired) electrons. The Labute approximate surface area is 214 Å². The van der Waals surface area contributed by atoms with Crippen molar-refractivity contribution in [1.82, 2.24) is 4.98 Å². The Balaban J connectivity index is 1.36. The number of amides is 1. The molecule has 3 fully saturated rings. The lowest BCUT2D eigenvalue weighted by Crippen LogP contribution is -2.56. The first kappa shape index (κ1) is 25.1. The molecule has 1 saturated carbocycles. The van der Waals surface area contributed by atoms with Gasteiger partial charge in [-0.1, -0.05) is 0 Å². The molecular weight excluding hydrogens is 484 g/mol. The molecule has 1 aromatic carbocycles. The fraction of sp³-hybridized carbons (Fsp3) is 0.538. The van der Waals surface area contributed by atoms with E-state index in [2.05, 4.69) is 19.9 Å². The van der Waals surface area contributed by atoms with Crippen molar-refractivity contribution in [3.05, 3.63) is 41.5 Å². The lowest BCUT2D eigenvalue weighted by atomic mass is 9.93. The van der Waals surface area contributed by atoms with Gasteiger partial charge in [0.05, 0.1) is 30.9 Å². The highest BCUT2D eigenvalue weighted by atomic mass is 32.2. The van der Waals surface area contributed by atoms with Gasteiger partial charge in [0.2, 0.25) is 0 Å². The van der Waals surface area contributed by atoms with Gasteiger partial charge in [0.1, 0.15) is 11.6 Å². The highest BCUT2D eigenvalue weighted by Gasteiger charge is 2.45. The predicted octanol–water partition coefficient (Wildman–Crippen LogP) is 4.92. The zero-order valence-electron chi connectivity index (χ0n) is 20.7. The van der Waals surface area contributed by atoms with Crippen LogP contribution in [0.2, 0.25) is 0 Å². The minimum absolute atomic E-state index is 0.0362. The second kappa shape index (κ2) is 9.70. The number of benzene rings is 1. The molecule has 0 bridgehead atoms. The third kappa shape index (κ3) is 5.54. The highest BCUT2D eigenvalue weighted by molar-refractivity contribution is 8.01. The second-order valence-corrected chi connectivity index (χ2v) is 11.7. The summed E-state index contributed by atoms with van der Waals surface area (Å²) in [4.78, 5) is 21.7. The molecule has 1 atom stereocenters. The Bertz CT molecular complexity index is 1130. The number of aliphatic hydroxyl groups is 1. The third-order valence-corrected chi connectivity index (χ3v) is 8.27. The van der Waals surface area contributed by atoms with Crippen LogP contribution >= 0.6 is 11.9 Å². The normalized spacial score (nSPS) is 20.6. The summed E-state index contributed by atoms with van der Waals surface area (Å²) in [5.74, 6) is -2.18. The first-order chi connectivity index (χ1) is 17.2. The average molecular weight is 518 g/mol. The Morgan fingerprint density at radius 1 is 1.14 bits per heavy atom. The summed E-state index contributed by atoms with van der Waals surface area (Å²) in [6.07, 6.45) is 4.86. The number of rotatable bonds is 8. The molecule has 194 valence electrons. The van der Waals surface area contributed by atoms with Gasteiger partial charge in [-0.25, -0.2) is 13.8 Å². The van der Waals surface area contributed by atoms with Crippen molar-refractivity contribution in [2.24, 2.45) is 5.41 Å². The number of alkyl halides is 2. The Morgan fingerprint density at radius 2 is 1.86 bits per heavy atom. The Hall–Kier alpha value is -2.59. The molecule has 3 aliphatic rings. The third-order valence-electron chi connectivity index (χ3n) is 7.37. The van der Waals surface area contributed by atoms with Crippen molar-refractivity contribution in [2.75, 3.05) is 52.6 Å². The van der Waals surface area contributed by atoms with Gasteiger partial charge in [-0.15, -0.1) is 0 Å². The lowest BCUT2D eigenvalue weighted by Gasteiger charge is -2.39. The molecule has 1 aliphatic carbocycles. The van der Waals surface area contributed by atoms with E-state index >= 15 is 0 Å². The van der Waals surface area contributed by atoms with E-state index in [0.717, 1.165) is 42.9 Å². The summed E-state index contributed by atoms with van der Waals surface area (Å²) < 4.78 is 30.0. The van der Waals surface area contributed by atoms with E-state index < -0.39 is 5.92 Å². The summed E-state index contributed by atoms with van der Waals surface area (Å²) in [5, 5.41) is 12.3. The molecule has 5 rings (SSSR count). The molecular formula is C26H33F2N5O2S. The van der Waals surface area contributed by atoms with E-state index in [9.17, 15) is 18.7 Å². The molecule has 2 aromatic rings. The van der Waals surface area contributed by atoms with Crippen LogP contribution in [0.15, 0.2) is 30.3 Å². The number of aliphatic hydroxyl groups excluding tert-OH is 1. The van der Waals surface area contributed by atoms with Gasteiger partial charge < -0.3 is 24.9 Å². The Morgan fingerprint density at radius 3 is 2.50 bits per heavy atom. The molecule has 3 heterocycles. The topological polar surface area (TPSA) is 80.7 Å². The lowest BCUT2D eigenvalue weighted by molar-refractivity contribution is -0.0267. The van der Waals surface area contributed by atoms with Crippen molar-refractivity contribution in [2.45, 2.75) is 50.7 Å². The number of aromatic nitrogens is 1. The molecule has 7 nitrogen and oxygen atoms in total. The van der Waals surface area contributed by atoms with Crippen LogP contribution in [0.1, 0.15) is 48.5 Å². The number of hydrogen-bond acceptors (Lipinski definition) is 7. The van der Waals surface area contributed by atoms with E-state index in [1.807, 2.05) is 32.0 Å². The van der Waals surface area contributed by atoms with E-state index in [1.165, 1.54) is 29.7 Å². The van der Waals surface area contributed by atoms with Gasteiger partial charge in [0, 0.05) is 24.0 Å². The highest BCUT2D eigenvalue weighted by Crippen LogP contribution is 2.54. The molecule has 36 heavy (non-hydrogen) atoms. The zero-order valence-corrected chi connectivity index (χ0v) is 21.5. The van der Waals surface area contributed by atoms with Crippen LogP contribution in [0.25, 0.3) is 0 Å². The van der Waals surface area contributed by atoms with E-state index in [4.69, 9.17) is 0 Å².